The second kappa shape index (κ2) is 13.4. The molecule has 1 rings (SSSR count). The van der Waals surface area contributed by atoms with Gasteiger partial charge in [0.05, 0.1) is 13.2 Å². The molecule has 1 saturated heterocycles. The maximum atomic E-state index is 11.7. The number of nitrogens with zero attached hydrogens (tertiary/aromatic N) is 2. The molecular formula is C17H35IN4O3. The molecule has 2 atom stereocenters. The topological polar surface area (TPSA) is 75.2 Å². The van der Waals surface area contributed by atoms with E-state index in [0.29, 0.717) is 25.0 Å². The van der Waals surface area contributed by atoms with Crippen LogP contribution < -0.4 is 10.6 Å². The van der Waals surface area contributed by atoms with Crippen LogP contribution in [0.15, 0.2) is 4.99 Å². The SMILES string of the molecule is CCOC(=O)NC(CNC(=NC)N(C)CC1CCOC1)CC(C)C.I. The molecule has 0 spiro atoms. The normalized spacial score (nSPS) is 18.5. The molecule has 25 heavy (non-hydrogen) atoms. The molecule has 8 heteroatoms. The van der Waals surface area contributed by atoms with Crippen LogP contribution in [0.5, 0.6) is 0 Å². The number of amides is 1. The van der Waals surface area contributed by atoms with Gasteiger partial charge in [-0.1, -0.05) is 13.8 Å². The van der Waals surface area contributed by atoms with E-state index in [0.717, 1.165) is 38.6 Å². The van der Waals surface area contributed by atoms with Gasteiger partial charge in [-0.25, -0.2) is 4.79 Å². The summed E-state index contributed by atoms with van der Waals surface area (Å²) in [5, 5.41) is 6.28. The van der Waals surface area contributed by atoms with Gasteiger partial charge in [0.25, 0.3) is 0 Å². The van der Waals surface area contributed by atoms with Crippen molar-refractivity contribution in [2.75, 3.05) is 47.0 Å². The minimum Gasteiger partial charge on any atom is -0.450 e. The number of carbonyl (C=O) groups is 1. The number of aliphatic imine (C=N–C) groups is 1. The molecule has 1 aliphatic rings. The summed E-state index contributed by atoms with van der Waals surface area (Å²) >= 11 is 0. The number of nitrogens with one attached hydrogen (secondary N) is 2. The van der Waals surface area contributed by atoms with Crippen LogP contribution in [0.2, 0.25) is 0 Å². The van der Waals surface area contributed by atoms with Crippen molar-refractivity contribution in [3.05, 3.63) is 0 Å². The molecule has 0 bridgehead atoms. The van der Waals surface area contributed by atoms with Crippen LogP contribution in [-0.2, 0) is 9.47 Å². The van der Waals surface area contributed by atoms with Crippen LogP contribution >= 0.6 is 24.0 Å². The van der Waals surface area contributed by atoms with E-state index in [4.69, 9.17) is 9.47 Å². The monoisotopic (exact) mass is 470 g/mol. The molecule has 0 radical (unpaired) electrons. The fraction of sp³-hybridized carbons (Fsp3) is 0.882. The maximum Gasteiger partial charge on any atom is 0.407 e. The number of hydrogen-bond donors (Lipinski definition) is 2. The molecule has 0 aromatic heterocycles. The second-order valence-corrected chi connectivity index (χ2v) is 6.73. The zero-order chi connectivity index (χ0) is 17.9. The molecule has 148 valence electrons. The van der Waals surface area contributed by atoms with Crippen molar-refractivity contribution in [2.45, 2.75) is 39.7 Å². The van der Waals surface area contributed by atoms with Crippen molar-refractivity contribution < 1.29 is 14.3 Å². The van der Waals surface area contributed by atoms with Gasteiger partial charge in [0.1, 0.15) is 0 Å². The van der Waals surface area contributed by atoms with Crippen LogP contribution in [0, 0.1) is 11.8 Å². The molecule has 1 heterocycles. The molecule has 2 N–H and O–H groups in total. The third-order valence-corrected chi connectivity index (χ3v) is 3.99. The third kappa shape index (κ3) is 10.1. The predicted molar refractivity (Wildman–Crippen MR) is 112 cm³/mol. The summed E-state index contributed by atoms with van der Waals surface area (Å²) in [6.07, 6.45) is 1.61. The molecule has 0 aromatic carbocycles. The van der Waals surface area contributed by atoms with E-state index in [1.54, 1.807) is 14.0 Å². The lowest BCUT2D eigenvalue weighted by molar-refractivity contribution is 0.146. The lowest BCUT2D eigenvalue weighted by Crippen LogP contribution is -2.48. The number of hydrogen-bond acceptors (Lipinski definition) is 4. The van der Waals surface area contributed by atoms with Crippen LogP contribution in [0.1, 0.15) is 33.6 Å². The summed E-state index contributed by atoms with van der Waals surface area (Å²) < 4.78 is 10.4. The highest BCUT2D eigenvalue weighted by Gasteiger charge is 2.20. The quantitative estimate of drug-likeness (QED) is 0.324. The van der Waals surface area contributed by atoms with Gasteiger partial charge in [0.15, 0.2) is 5.96 Å². The molecular weight excluding hydrogens is 435 g/mol. The zero-order valence-electron chi connectivity index (χ0n) is 16.2. The summed E-state index contributed by atoms with van der Waals surface area (Å²) in [4.78, 5) is 18.2. The van der Waals surface area contributed by atoms with Crippen molar-refractivity contribution in [3.8, 4) is 0 Å². The van der Waals surface area contributed by atoms with Gasteiger partial charge in [0.2, 0.25) is 0 Å². The van der Waals surface area contributed by atoms with Crippen LogP contribution in [-0.4, -0.2) is 70.0 Å². The highest BCUT2D eigenvalue weighted by atomic mass is 127. The lowest BCUT2D eigenvalue weighted by atomic mass is 10.0. The Morgan fingerprint density at radius 1 is 1.44 bits per heavy atom. The van der Waals surface area contributed by atoms with E-state index in [-0.39, 0.29) is 36.1 Å². The van der Waals surface area contributed by atoms with Crippen LogP contribution in [0.4, 0.5) is 4.79 Å². The number of rotatable bonds is 8. The average Bonchev–Trinajstić information content (AvgIpc) is 3.00. The first-order valence-corrected chi connectivity index (χ1v) is 8.89. The van der Waals surface area contributed by atoms with Gasteiger partial charge in [-0.05, 0) is 25.7 Å². The van der Waals surface area contributed by atoms with Gasteiger partial charge >= 0.3 is 6.09 Å². The van der Waals surface area contributed by atoms with E-state index >= 15 is 0 Å². The van der Waals surface area contributed by atoms with E-state index in [1.165, 1.54) is 0 Å². The highest BCUT2D eigenvalue weighted by molar-refractivity contribution is 14.0. The van der Waals surface area contributed by atoms with Crippen LogP contribution in [0.25, 0.3) is 0 Å². The first kappa shape index (κ1) is 24.2. The molecule has 1 aliphatic heterocycles. The molecule has 0 saturated carbocycles. The fourth-order valence-electron chi connectivity index (χ4n) is 2.90. The van der Waals surface area contributed by atoms with Crippen LogP contribution in [0.3, 0.4) is 0 Å². The Morgan fingerprint density at radius 2 is 2.16 bits per heavy atom. The Balaban J connectivity index is 0.00000576. The average molecular weight is 470 g/mol. The number of guanidine groups is 1. The van der Waals surface area contributed by atoms with E-state index in [9.17, 15) is 4.79 Å². The Kier molecular flexibility index (Phi) is 13.0. The van der Waals surface area contributed by atoms with Gasteiger partial charge in [0, 0.05) is 45.8 Å². The lowest BCUT2D eigenvalue weighted by Gasteiger charge is -2.27. The zero-order valence-corrected chi connectivity index (χ0v) is 18.5. The van der Waals surface area contributed by atoms with Gasteiger partial charge < -0.3 is 25.0 Å². The van der Waals surface area contributed by atoms with Gasteiger partial charge in [-0.3, -0.25) is 4.99 Å². The summed E-state index contributed by atoms with van der Waals surface area (Å²) in [5.74, 6) is 1.87. The smallest absolute Gasteiger partial charge is 0.407 e. The molecule has 0 aromatic rings. The fourth-order valence-corrected chi connectivity index (χ4v) is 2.90. The summed E-state index contributed by atoms with van der Waals surface area (Å²) in [5.41, 5.74) is 0. The number of alkyl carbamates (subject to hydrolysis) is 1. The Morgan fingerprint density at radius 3 is 2.68 bits per heavy atom. The van der Waals surface area contributed by atoms with E-state index in [2.05, 4.69) is 34.4 Å². The first-order valence-electron chi connectivity index (χ1n) is 8.89. The Labute approximate surface area is 169 Å². The van der Waals surface area contributed by atoms with E-state index in [1.807, 2.05) is 7.05 Å². The van der Waals surface area contributed by atoms with Gasteiger partial charge in [-0.15, -0.1) is 24.0 Å². The van der Waals surface area contributed by atoms with Crippen molar-refractivity contribution in [3.63, 3.8) is 0 Å². The minimum atomic E-state index is -0.364. The maximum absolute atomic E-state index is 11.7. The largest absolute Gasteiger partial charge is 0.450 e. The van der Waals surface area contributed by atoms with E-state index < -0.39 is 0 Å². The molecule has 0 aliphatic carbocycles. The van der Waals surface area contributed by atoms with Crippen molar-refractivity contribution in [1.82, 2.24) is 15.5 Å². The standard InChI is InChI=1S/C17H34N4O3.HI/c1-6-24-17(22)20-15(9-13(2)3)10-19-16(18-4)21(5)11-14-7-8-23-12-14;/h13-15H,6-12H2,1-5H3,(H,18,19)(H,20,22);1H. The molecule has 2 unspecified atom stereocenters. The third-order valence-electron chi connectivity index (χ3n) is 3.99. The molecule has 7 nitrogen and oxygen atoms in total. The molecule has 1 fully saturated rings. The minimum absolute atomic E-state index is 0. The second-order valence-electron chi connectivity index (χ2n) is 6.73. The summed E-state index contributed by atoms with van der Waals surface area (Å²) in [7, 11) is 3.81. The van der Waals surface area contributed by atoms with Crippen molar-refractivity contribution in [1.29, 1.82) is 0 Å². The number of carbonyl (C=O) groups excluding carboxylic acids is 1. The van der Waals surface area contributed by atoms with Gasteiger partial charge in [-0.2, -0.15) is 0 Å². The molecule has 1 amide bonds. The highest BCUT2D eigenvalue weighted by Crippen LogP contribution is 2.13. The Hall–Kier alpha value is -0.770. The van der Waals surface area contributed by atoms with Crippen molar-refractivity contribution >= 4 is 36.0 Å². The predicted octanol–water partition coefficient (Wildman–Crippen LogP) is 2.31. The van der Waals surface area contributed by atoms with Crippen molar-refractivity contribution in [2.24, 2.45) is 16.8 Å². The first-order chi connectivity index (χ1) is 11.5. The number of ether oxygens (including phenoxy) is 2. The number of halogens is 1. The summed E-state index contributed by atoms with van der Waals surface area (Å²) in [6.45, 7) is 9.67. The summed E-state index contributed by atoms with van der Waals surface area (Å²) in [6, 6.07) is 0.00372. The Bertz CT molecular complexity index is 401.